The molecule has 3 aromatic carbocycles. The molecular weight excluding hydrogens is 376 g/mol. The molecule has 0 spiro atoms. The maximum atomic E-state index is 12.7. The first-order valence-electron chi connectivity index (χ1n) is 10.2. The predicted octanol–water partition coefficient (Wildman–Crippen LogP) is 5.63. The van der Waals surface area contributed by atoms with Crippen molar-refractivity contribution >= 4 is 11.9 Å². The van der Waals surface area contributed by atoms with E-state index in [0.29, 0.717) is 23.7 Å². The van der Waals surface area contributed by atoms with Crippen molar-refractivity contribution in [2.75, 3.05) is 7.11 Å². The van der Waals surface area contributed by atoms with E-state index >= 15 is 0 Å². The van der Waals surface area contributed by atoms with Crippen LogP contribution in [0, 0.1) is 5.92 Å². The summed E-state index contributed by atoms with van der Waals surface area (Å²) < 4.78 is 10.4. The molecule has 4 rings (SSSR count). The molecule has 0 saturated heterocycles. The van der Waals surface area contributed by atoms with E-state index in [9.17, 15) is 9.59 Å². The molecule has 0 aromatic heterocycles. The van der Waals surface area contributed by atoms with Gasteiger partial charge in [0.05, 0.1) is 19.1 Å². The van der Waals surface area contributed by atoms with Gasteiger partial charge in [-0.05, 0) is 65.6 Å². The molecule has 0 N–H and O–H groups in total. The van der Waals surface area contributed by atoms with Crippen LogP contribution >= 0.6 is 0 Å². The monoisotopic (exact) mass is 400 g/mol. The first-order valence-corrected chi connectivity index (χ1v) is 10.2. The molecule has 30 heavy (non-hydrogen) atoms. The van der Waals surface area contributed by atoms with E-state index in [1.807, 2.05) is 60.7 Å². The predicted molar refractivity (Wildman–Crippen MR) is 115 cm³/mol. The summed E-state index contributed by atoms with van der Waals surface area (Å²) in [5.74, 6) is 0.421. The highest BCUT2D eigenvalue weighted by Crippen LogP contribution is 2.44. The van der Waals surface area contributed by atoms with E-state index in [4.69, 9.17) is 9.47 Å². The number of esters is 2. The van der Waals surface area contributed by atoms with Crippen LogP contribution < -0.4 is 4.74 Å². The molecular formula is C26H24O4. The summed E-state index contributed by atoms with van der Waals surface area (Å²) in [7, 11) is 1.41. The molecule has 0 aliphatic heterocycles. The molecule has 0 bridgehead atoms. The molecule has 1 atom stereocenters. The zero-order valence-electron chi connectivity index (χ0n) is 16.9. The summed E-state index contributed by atoms with van der Waals surface area (Å²) in [6.45, 7) is 0. The Balaban J connectivity index is 1.47. The van der Waals surface area contributed by atoms with Crippen molar-refractivity contribution in [3.8, 4) is 16.9 Å². The van der Waals surface area contributed by atoms with Crippen LogP contribution in [0.3, 0.4) is 0 Å². The fraction of sp³-hybridized carbons (Fsp3) is 0.231. The molecule has 0 amide bonds. The lowest BCUT2D eigenvalue weighted by atomic mass is 9.90. The Kier molecular flexibility index (Phi) is 5.94. The van der Waals surface area contributed by atoms with Gasteiger partial charge in [-0.1, -0.05) is 54.6 Å². The molecule has 1 fully saturated rings. The lowest BCUT2D eigenvalue weighted by molar-refractivity contribution is -0.141. The highest BCUT2D eigenvalue weighted by molar-refractivity contribution is 5.91. The van der Waals surface area contributed by atoms with Crippen LogP contribution in [0.4, 0.5) is 0 Å². The second-order valence-electron chi connectivity index (χ2n) is 7.63. The molecule has 3 aromatic rings. The van der Waals surface area contributed by atoms with Crippen LogP contribution in [0.1, 0.15) is 41.1 Å². The lowest BCUT2D eigenvalue weighted by Gasteiger charge is -2.16. The number of ether oxygens (including phenoxy) is 2. The topological polar surface area (TPSA) is 52.6 Å². The van der Waals surface area contributed by atoms with E-state index in [1.165, 1.54) is 7.11 Å². The van der Waals surface area contributed by atoms with Crippen LogP contribution in [-0.2, 0) is 9.53 Å². The highest BCUT2D eigenvalue weighted by atomic mass is 16.5. The van der Waals surface area contributed by atoms with E-state index in [1.54, 1.807) is 18.2 Å². The van der Waals surface area contributed by atoms with Gasteiger partial charge < -0.3 is 9.47 Å². The number of carbonyl (C=O) groups is 2. The lowest BCUT2D eigenvalue weighted by Crippen LogP contribution is -2.13. The highest BCUT2D eigenvalue weighted by Gasteiger charge is 2.34. The third-order valence-electron chi connectivity index (χ3n) is 5.53. The van der Waals surface area contributed by atoms with Gasteiger partial charge in [-0.3, -0.25) is 4.79 Å². The van der Waals surface area contributed by atoms with Crippen molar-refractivity contribution in [1.82, 2.24) is 0 Å². The summed E-state index contributed by atoms with van der Waals surface area (Å²) >= 11 is 0. The first kappa shape index (κ1) is 19.9. The Labute approximate surface area is 176 Å². The average Bonchev–Trinajstić information content (AvgIpc) is 3.64. The maximum Gasteiger partial charge on any atom is 0.343 e. The third kappa shape index (κ3) is 4.77. The fourth-order valence-corrected chi connectivity index (χ4v) is 3.73. The van der Waals surface area contributed by atoms with Gasteiger partial charge in [0, 0.05) is 0 Å². The molecule has 4 nitrogen and oxygen atoms in total. The molecule has 1 aliphatic carbocycles. The molecule has 4 heteroatoms. The Morgan fingerprint density at radius 3 is 2.27 bits per heavy atom. The average molecular weight is 400 g/mol. The minimum absolute atomic E-state index is 0.0790. The molecule has 1 aliphatic rings. The number of benzene rings is 3. The smallest absolute Gasteiger partial charge is 0.343 e. The van der Waals surface area contributed by atoms with Crippen molar-refractivity contribution in [3.05, 3.63) is 90.0 Å². The summed E-state index contributed by atoms with van der Waals surface area (Å²) in [6.07, 6.45) is 2.54. The molecule has 0 heterocycles. The molecule has 1 saturated carbocycles. The minimum atomic E-state index is -0.406. The number of hydrogen-bond donors (Lipinski definition) is 0. The van der Waals surface area contributed by atoms with E-state index < -0.39 is 5.97 Å². The Bertz CT molecular complexity index is 1020. The van der Waals surface area contributed by atoms with Crippen molar-refractivity contribution < 1.29 is 19.1 Å². The fourth-order valence-electron chi connectivity index (χ4n) is 3.73. The van der Waals surface area contributed by atoms with Gasteiger partial charge in [0.15, 0.2) is 0 Å². The number of carbonyl (C=O) groups excluding carboxylic acids is 2. The van der Waals surface area contributed by atoms with E-state index in [-0.39, 0.29) is 11.9 Å². The standard InChI is InChI=1S/C26H24O4/c1-29-25(27)17-24(20-10-11-20)21-8-5-9-22(16-21)26(28)30-23-14-12-19(13-15-23)18-6-3-2-4-7-18/h2-9,12-16,20,24H,10-11,17H2,1H3/t24-/m1/s1. The van der Waals surface area contributed by atoms with E-state index in [2.05, 4.69) is 0 Å². The van der Waals surface area contributed by atoms with Gasteiger partial charge in [-0.25, -0.2) is 4.79 Å². The quantitative estimate of drug-likeness (QED) is 0.381. The number of methoxy groups -OCH3 is 1. The molecule has 0 radical (unpaired) electrons. The summed E-state index contributed by atoms with van der Waals surface area (Å²) in [5, 5.41) is 0. The Morgan fingerprint density at radius 2 is 1.60 bits per heavy atom. The van der Waals surface area contributed by atoms with Crippen LogP contribution in [0.5, 0.6) is 5.75 Å². The minimum Gasteiger partial charge on any atom is -0.469 e. The summed E-state index contributed by atoms with van der Waals surface area (Å²) in [5.41, 5.74) is 3.64. The zero-order chi connectivity index (χ0) is 20.9. The SMILES string of the molecule is COC(=O)C[C@@H](c1cccc(C(=O)Oc2ccc(-c3ccccc3)cc2)c1)C1CC1. The normalized spacial score (nSPS) is 14.0. The zero-order valence-corrected chi connectivity index (χ0v) is 16.9. The number of rotatable bonds is 7. The molecule has 152 valence electrons. The van der Waals surface area contributed by atoms with Crippen molar-refractivity contribution in [3.63, 3.8) is 0 Å². The van der Waals surface area contributed by atoms with Crippen molar-refractivity contribution in [1.29, 1.82) is 0 Å². The second kappa shape index (κ2) is 8.95. The second-order valence-corrected chi connectivity index (χ2v) is 7.63. The number of hydrogen-bond acceptors (Lipinski definition) is 4. The van der Waals surface area contributed by atoms with E-state index in [0.717, 1.165) is 29.5 Å². The van der Waals surface area contributed by atoms with Gasteiger partial charge in [-0.15, -0.1) is 0 Å². The van der Waals surface area contributed by atoms with Crippen LogP contribution in [0.25, 0.3) is 11.1 Å². The van der Waals surface area contributed by atoms with Gasteiger partial charge in [0.1, 0.15) is 5.75 Å². The summed E-state index contributed by atoms with van der Waals surface area (Å²) in [4.78, 5) is 24.5. The van der Waals surface area contributed by atoms with Crippen LogP contribution in [0.2, 0.25) is 0 Å². The third-order valence-corrected chi connectivity index (χ3v) is 5.53. The summed E-state index contributed by atoms with van der Waals surface area (Å²) in [6, 6.07) is 24.9. The largest absolute Gasteiger partial charge is 0.469 e. The Morgan fingerprint density at radius 1 is 0.900 bits per heavy atom. The van der Waals surface area contributed by atoms with Gasteiger partial charge >= 0.3 is 11.9 Å². The first-order chi connectivity index (χ1) is 14.6. The molecule has 0 unspecified atom stereocenters. The van der Waals surface area contributed by atoms with Crippen molar-refractivity contribution in [2.45, 2.75) is 25.2 Å². The maximum absolute atomic E-state index is 12.7. The van der Waals surface area contributed by atoms with Crippen LogP contribution in [0.15, 0.2) is 78.9 Å². The van der Waals surface area contributed by atoms with Crippen molar-refractivity contribution in [2.24, 2.45) is 5.92 Å². The van der Waals surface area contributed by atoms with Gasteiger partial charge in [-0.2, -0.15) is 0 Å². The van der Waals surface area contributed by atoms with Gasteiger partial charge in [0.2, 0.25) is 0 Å². The Hall–Kier alpha value is -3.40. The van der Waals surface area contributed by atoms with Crippen LogP contribution in [-0.4, -0.2) is 19.0 Å². The van der Waals surface area contributed by atoms with Gasteiger partial charge in [0.25, 0.3) is 0 Å².